The summed E-state index contributed by atoms with van der Waals surface area (Å²) in [6.45, 7) is 6.70. The monoisotopic (exact) mass is 1080 g/mol. The van der Waals surface area contributed by atoms with Crippen LogP contribution in [0.5, 0.6) is 0 Å². The summed E-state index contributed by atoms with van der Waals surface area (Å²) in [5, 5.41) is 0. The Bertz CT molecular complexity index is 1290. The normalized spacial score (nSPS) is 12.2. The van der Waals surface area contributed by atoms with Crippen molar-refractivity contribution in [1.29, 1.82) is 0 Å². The minimum atomic E-state index is -0.773. The summed E-state index contributed by atoms with van der Waals surface area (Å²) in [4.78, 5) is 38.4. The second kappa shape index (κ2) is 66.1. The Kier molecular flexibility index (Phi) is 64.1. The van der Waals surface area contributed by atoms with Crippen LogP contribution < -0.4 is 0 Å². The van der Waals surface area contributed by atoms with Gasteiger partial charge in [-0.3, -0.25) is 14.4 Å². The highest BCUT2D eigenvalue weighted by molar-refractivity contribution is 5.71. The van der Waals surface area contributed by atoms with E-state index in [9.17, 15) is 14.4 Å². The molecule has 0 aromatic carbocycles. The van der Waals surface area contributed by atoms with Crippen molar-refractivity contribution in [3.8, 4) is 0 Å². The maximum absolute atomic E-state index is 12.9. The molecule has 0 aromatic heterocycles. The largest absolute Gasteiger partial charge is 0.462 e. The number of carbonyl (C=O) groups is 3. The molecule has 0 N–H and O–H groups in total. The minimum Gasteiger partial charge on any atom is -0.462 e. The number of ether oxygens (including phenoxy) is 3. The zero-order valence-electron chi connectivity index (χ0n) is 52.0. The van der Waals surface area contributed by atoms with Crippen LogP contribution in [-0.2, 0) is 28.6 Å². The molecule has 452 valence electrons. The number of hydrogen-bond donors (Lipinski definition) is 0. The SMILES string of the molecule is CCCCCCC/C=C\C/C=C\C/C=C\CCCCCCCCCCC(=O)OCC(COC(=O)CCCCCCCCCCCCCCCCCC)OC(=O)CCCCCCCCCCCCCCCCCCCCCC. The number of allylic oxidation sites excluding steroid dienone is 6. The first-order valence-corrected chi connectivity index (χ1v) is 34.5. The first kappa shape index (κ1) is 74.6. The molecule has 0 saturated carbocycles. The number of esters is 3. The lowest BCUT2D eigenvalue weighted by atomic mass is 10.0. The fourth-order valence-electron chi connectivity index (χ4n) is 10.5. The Morgan fingerprint density at radius 1 is 0.260 bits per heavy atom. The third-order valence-corrected chi connectivity index (χ3v) is 15.6. The molecule has 1 atom stereocenters. The molecule has 0 amide bonds. The van der Waals surface area contributed by atoms with Crippen molar-refractivity contribution in [3.63, 3.8) is 0 Å². The van der Waals surface area contributed by atoms with E-state index in [2.05, 4.69) is 57.2 Å². The number of unbranched alkanes of at least 4 members (excludes halogenated alkanes) is 47. The standard InChI is InChI=1S/C71H132O6/c1-4-7-10-13-16-19-22-25-28-31-33-35-36-37-39-40-43-46-49-52-55-58-61-64-70(73)76-67-68(66-75-69(72)63-60-57-54-51-48-45-42-30-27-24-21-18-15-12-9-6-3)77-71(74)65-62-59-56-53-50-47-44-41-38-34-32-29-26-23-20-17-14-11-8-5-2/h22,25,31,33,36-37,68H,4-21,23-24,26-30,32,34-35,38-67H2,1-3H3/b25-22-,33-31-,37-36-. The predicted octanol–water partition coefficient (Wildman–Crippen LogP) is 23.6. The topological polar surface area (TPSA) is 78.9 Å². The summed E-state index contributed by atoms with van der Waals surface area (Å²) >= 11 is 0. The van der Waals surface area contributed by atoms with Crippen LogP contribution in [0.3, 0.4) is 0 Å². The lowest BCUT2D eigenvalue weighted by Crippen LogP contribution is -2.30. The molecule has 6 nitrogen and oxygen atoms in total. The Hall–Kier alpha value is -2.37. The van der Waals surface area contributed by atoms with Gasteiger partial charge in [0.05, 0.1) is 0 Å². The van der Waals surface area contributed by atoms with Crippen molar-refractivity contribution in [2.24, 2.45) is 0 Å². The molecule has 0 radical (unpaired) electrons. The van der Waals surface area contributed by atoms with Crippen LogP contribution >= 0.6 is 0 Å². The van der Waals surface area contributed by atoms with E-state index in [0.717, 1.165) is 77.0 Å². The van der Waals surface area contributed by atoms with Gasteiger partial charge in [0.15, 0.2) is 6.10 Å². The molecule has 0 fully saturated rings. The fraction of sp³-hybridized carbons (Fsp3) is 0.873. The van der Waals surface area contributed by atoms with Gasteiger partial charge in [0.1, 0.15) is 13.2 Å². The molecule has 0 aliphatic rings. The molecule has 0 aromatic rings. The first-order chi connectivity index (χ1) is 38.0. The molecule has 0 heterocycles. The number of rotatable bonds is 64. The van der Waals surface area contributed by atoms with Crippen LogP contribution in [0.4, 0.5) is 0 Å². The second-order valence-corrected chi connectivity index (χ2v) is 23.5. The van der Waals surface area contributed by atoms with Crippen molar-refractivity contribution in [3.05, 3.63) is 36.5 Å². The van der Waals surface area contributed by atoms with Gasteiger partial charge >= 0.3 is 17.9 Å². The second-order valence-electron chi connectivity index (χ2n) is 23.5. The van der Waals surface area contributed by atoms with E-state index in [4.69, 9.17) is 14.2 Å². The molecule has 1 unspecified atom stereocenters. The Morgan fingerprint density at radius 2 is 0.468 bits per heavy atom. The zero-order chi connectivity index (χ0) is 55.7. The van der Waals surface area contributed by atoms with E-state index >= 15 is 0 Å². The van der Waals surface area contributed by atoms with E-state index in [1.165, 1.54) is 263 Å². The van der Waals surface area contributed by atoms with Gasteiger partial charge < -0.3 is 14.2 Å². The van der Waals surface area contributed by atoms with Gasteiger partial charge in [0.25, 0.3) is 0 Å². The molecule has 0 aliphatic heterocycles. The molecule has 0 aliphatic carbocycles. The van der Waals surface area contributed by atoms with Gasteiger partial charge in [0.2, 0.25) is 0 Å². The Balaban J connectivity index is 4.32. The van der Waals surface area contributed by atoms with Gasteiger partial charge in [-0.15, -0.1) is 0 Å². The third-order valence-electron chi connectivity index (χ3n) is 15.6. The van der Waals surface area contributed by atoms with Crippen molar-refractivity contribution < 1.29 is 28.6 Å². The highest BCUT2D eigenvalue weighted by Gasteiger charge is 2.19. The molecule has 0 saturated heterocycles. The molecule has 6 heteroatoms. The van der Waals surface area contributed by atoms with Crippen LogP contribution in [0, 0.1) is 0 Å². The van der Waals surface area contributed by atoms with Gasteiger partial charge in [-0.2, -0.15) is 0 Å². The first-order valence-electron chi connectivity index (χ1n) is 34.5. The van der Waals surface area contributed by atoms with Gasteiger partial charge in [0, 0.05) is 19.3 Å². The van der Waals surface area contributed by atoms with Gasteiger partial charge in [-0.05, 0) is 57.8 Å². The summed E-state index contributed by atoms with van der Waals surface area (Å²) in [5.74, 6) is -0.845. The molecular formula is C71H132O6. The molecule has 77 heavy (non-hydrogen) atoms. The van der Waals surface area contributed by atoms with Crippen LogP contribution in [-0.4, -0.2) is 37.2 Å². The average Bonchev–Trinajstić information content (AvgIpc) is 3.43. The summed E-state index contributed by atoms with van der Waals surface area (Å²) < 4.78 is 17.0. The molecular weight excluding hydrogens is 949 g/mol. The predicted molar refractivity (Wildman–Crippen MR) is 335 cm³/mol. The molecule has 0 rings (SSSR count). The van der Waals surface area contributed by atoms with Crippen LogP contribution in [0.25, 0.3) is 0 Å². The van der Waals surface area contributed by atoms with Gasteiger partial charge in [-0.25, -0.2) is 0 Å². The summed E-state index contributed by atoms with van der Waals surface area (Å²) in [6, 6.07) is 0. The quantitative estimate of drug-likeness (QED) is 0.0261. The highest BCUT2D eigenvalue weighted by atomic mass is 16.6. The van der Waals surface area contributed by atoms with E-state index in [-0.39, 0.29) is 31.1 Å². The zero-order valence-corrected chi connectivity index (χ0v) is 52.0. The van der Waals surface area contributed by atoms with E-state index in [1.54, 1.807) is 0 Å². The van der Waals surface area contributed by atoms with Crippen molar-refractivity contribution in [2.75, 3.05) is 13.2 Å². The van der Waals surface area contributed by atoms with Crippen molar-refractivity contribution >= 4 is 17.9 Å². The highest BCUT2D eigenvalue weighted by Crippen LogP contribution is 2.18. The molecule has 0 bridgehead atoms. The minimum absolute atomic E-state index is 0.0684. The van der Waals surface area contributed by atoms with Crippen molar-refractivity contribution in [1.82, 2.24) is 0 Å². The number of carbonyl (C=O) groups excluding carboxylic acids is 3. The smallest absolute Gasteiger partial charge is 0.306 e. The summed E-state index contributed by atoms with van der Waals surface area (Å²) in [6.07, 6.45) is 81.6. The van der Waals surface area contributed by atoms with Crippen LogP contribution in [0.2, 0.25) is 0 Å². The van der Waals surface area contributed by atoms with E-state index in [1.807, 2.05) is 0 Å². The van der Waals surface area contributed by atoms with Gasteiger partial charge in [-0.1, -0.05) is 340 Å². The maximum atomic E-state index is 12.9. The van der Waals surface area contributed by atoms with E-state index in [0.29, 0.717) is 19.3 Å². The van der Waals surface area contributed by atoms with E-state index < -0.39 is 6.10 Å². The average molecular weight is 1080 g/mol. The fourth-order valence-corrected chi connectivity index (χ4v) is 10.5. The third kappa shape index (κ3) is 64.3. The lowest BCUT2D eigenvalue weighted by Gasteiger charge is -2.18. The Morgan fingerprint density at radius 3 is 0.727 bits per heavy atom. The Labute approximate surface area is 480 Å². The summed E-state index contributed by atoms with van der Waals surface area (Å²) in [5.41, 5.74) is 0. The van der Waals surface area contributed by atoms with Crippen molar-refractivity contribution in [2.45, 2.75) is 386 Å². The number of hydrogen-bond acceptors (Lipinski definition) is 6. The lowest BCUT2D eigenvalue weighted by molar-refractivity contribution is -0.167. The summed E-state index contributed by atoms with van der Waals surface area (Å²) in [7, 11) is 0. The van der Waals surface area contributed by atoms with Crippen LogP contribution in [0.15, 0.2) is 36.5 Å². The molecule has 0 spiro atoms. The maximum Gasteiger partial charge on any atom is 0.306 e. The van der Waals surface area contributed by atoms with Crippen LogP contribution in [0.1, 0.15) is 380 Å².